The van der Waals surface area contributed by atoms with Gasteiger partial charge in [-0.1, -0.05) is 6.92 Å². The van der Waals surface area contributed by atoms with E-state index in [1.54, 1.807) is 12.3 Å². The summed E-state index contributed by atoms with van der Waals surface area (Å²) in [4.78, 5) is 23.1. The van der Waals surface area contributed by atoms with Gasteiger partial charge in [-0.2, -0.15) is 0 Å². The van der Waals surface area contributed by atoms with E-state index in [0.717, 1.165) is 24.0 Å². The Hall–Kier alpha value is -1.14. The van der Waals surface area contributed by atoms with E-state index in [4.69, 9.17) is 0 Å². The van der Waals surface area contributed by atoms with Crippen LogP contribution in [0.1, 0.15) is 19.8 Å². The maximum absolute atomic E-state index is 11.6. The SMILES string of the molecule is CCCNCCNC(=O)CCn1cc(Br)ccc1=O. The monoisotopic (exact) mass is 329 g/mol. The number of nitrogens with one attached hydrogen (secondary N) is 2. The molecule has 1 aromatic rings. The summed E-state index contributed by atoms with van der Waals surface area (Å²) >= 11 is 3.30. The molecule has 0 saturated heterocycles. The number of hydrogen-bond donors (Lipinski definition) is 2. The van der Waals surface area contributed by atoms with Crippen molar-refractivity contribution in [1.82, 2.24) is 15.2 Å². The average molecular weight is 330 g/mol. The van der Waals surface area contributed by atoms with Crippen molar-refractivity contribution >= 4 is 21.8 Å². The van der Waals surface area contributed by atoms with Gasteiger partial charge in [0.05, 0.1) is 0 Å². The Bertz CT molecular complexity index is 459. The highest BCUT2D eigenvalue weighted by Crippen LogP contribution is 2.04. The Morgan fingerprint density at radius 3 is 2.84 bits per heavy atom. The molecule has 0 fully saturated rings. The van der Waals surface area contributed by atoms with Gasteiger partial charge < -0.3 is 15.2 Å². The van der Waals surface area contributed by atoms with E-state index in [1.807, 2.05) is 0 Å². The molecule has 19 heavy (non-hydrogen) atoms. The quantitative estimate of drug-likeness (QED) is 0.702. The van der Waals surface area contributed by atoms with Crippen molar-refractivity contribution in [3.05, 3.63) is 33.2 Å². The van der Waals surface area contributed by atoms with Gasteiger partial charge in [0.15, 0.2) is 0 Å². The molecule has 1 aromatic heterocycles. The second kappa shape index (κ2) is 8.87. The molecule has 0 aliphatic carbocycles. The minimum atomic E-state index is -0.0967. The second-order valence-corrected chi connectivity index (χ2v) is 5.14. The molecule has 0 spiro atoms. The van der Waals surface area contributed by atoms with Crippen molar-refractivity contribution in [2.45, 2.75) is 26.3 Å². The number of hydrogen-bond acceptors (Lipinski definition) is 3. The second-order valence-electron chi connectivity index (χ2n) is 4.23. The fraction of sp³-hybridized carbons (Fsp3) is 0.538. The standard InChI is InChI=1S/C13H20BrN3O2/c1-2-6-15-7-8-16-12(18)5-9-17-10-11(14)3-4-13(17)19/h3-4,10,15H,2,5-9H2,1H3,(H,16,18). The first-order valence-corrected chi connectivity index (χ1v) is 7.26. The van der Waals surface area contributed by atoms with Gasteiger partial charge in [-0.25, -0.2) is 0 Å². The lowest BCUT2D eigenvalue weighted by molar-refractivity contribution is -0.121. The molecule has 0 radical (unpaired) electrons. The fourth-order valence-corrected chi connectivity index (χ4v) is 1.96. The molecule has 2 N–H and O–H groups in total. The van der Waals surface area contributed by atoms with Crippen LogP contribution in [0.15, 0.2) is 27.6 Å². The lowest BCUT2D eigenvalue weighted by Crippen LogP contribution is -2.33. The maximum Gasteiger partial charge on any atom is 0.250 e. The smallest absolute Gasteiger partial charge is 0.250 e. The van der Waals surface area contributed by atoms with Gasteiger partial charge >= 0.3 is 0 Å². The third-order valence-electron chi connectivity index (χ3n) is 2.58. The van der Waals surface area contributed by atoms with Crippen molar-refractivity contribution < 1.29 is 4.79 Å². The molecule has 0 aromatic carbocycles. The number of amides is 1. The van der Waals surface area contributed by atoms with E-state index >= 15 is 0 Å². The number of halogens is 1. The Labute approximate surface area is 121 Å². The van der Waals surface area contributed by atoms with Crippen LogP contribution in [-0.4, -0.2) is 30.1 Å². The number of nitrogens with zero attached hydrogens (tertiary/aromatic N) is 1. The molecule has 5 nitrogen and oxygen atoms in total. The van der Waals surface area contributed by atoms with Crippen molar-refractivity contribution in [3.63, 3.8) is 0 Å². The molecular formula is C13H20BrN3O2. The topological polar surface area (TPSA) is 63.1 Å². The van der Waals surface area contributed by atoms with Gasteiger partial charge in [-0.15, -0.1) is 0 Å². The van der Waals surface area contributed by atoms with Gasteiger partial charge in [0, 0.05) is 42.8 Å². The molecule has 0 atom stereocenters. The van der Waals surface area contributed by atoms with E-state index in [0.29, 0.717) is 19.5 Å². The third-order valence-corrected chi connectivity index (χ3v) is 3.05. The van der Waals surface area contributed by atoms with Crippen LogP contribution in [0.5, 0.6) is 0 Å². The van der Waals surface area contributed by atoms with Crippen LogP contribution in [0, 0.1) is 0 Å². The first-order chi connectivity index (χ1) is 9.13. The van der Waals surface area contributed by atoms with Crippen LogP contribution >= 0.6 is 15.9 Å². The zero-order valence-electron chi connectivity index (χ0n) is 11.1. The maximum atomic E-state index is 11.6. The molecule has 0 saturated carbocycles. The Morgan fingerprint density at radius 1 is 1.32 bits per heavy atom. The molecule has 6 heteroatoms. The molecule has 0 bridgehead atoms. The molecule has 106 valence electrons. The summed E-state index contributed by atoms with van der Waals surface area (Å²) in [6.07, 6.45) is 3.09. The minimum Gasteiger partial charge on any atom is -0.355 e. The van der Waals surface area contributed by atoms with Crippen LogP contribution in [0.3, 0.4) is 0 Å². The van der Waals surface area contributed by atoms with E-state index in [1.165, 1.54) is 10.6 Å². The summed E-state index contributed by atoms with van der Waals surface area (Å²) in [5, 5.41) is 6.02. The van der Waals surface area contributed by atoms with Gasteiger partial charge in [0.2, 0.25) is 5.91 Å². The molecule has 1 amide bonds. The van der Waals surface area contributed by atoms with E-state index in [2.05, 4.69) is 33.5 Å². The van der Waals surface area contributed by atoms with Crippen LogP contribution < -0.4 is 16.2 Å². The van der Waals surface area contributed by atoms with E-state index in [9.17, 15) is 9.59 Å². The highest BCUT2D eigenvalue weighted by atomic mass is 79.9. The zero-order valence-corrected chi connectivity index (χ0v) is 12.7. The summed E-state index contributed by atoms with van der Waals surface area (Å²) in [5.74, 6) is -0.0369. The number of rotatable bonds is 8. The van der Waals surface area contributed by atoms with Crippen LogP contribution in [0.25, 0.3) is 0 Å². The Morgan fingerprint density at radius 2 is 2.11 bits per heavy atom. The van der Waals surface area contributed by atoms with E-state index in [-0.39, 0.29) is 11.5 Å². The number of aryl methyl sites for hydroxylation is 1. The van der Waals surface area contributed by atoms with Crippen molar-refractivity contribution in [3.8, 4) is 0 Å². The van der Waals surface area contributed by atoms with Crippen LogP contribution in [0.2, 0.25) is 0 Å². The first-order valence-electron chi connectivity index (χ1n) is 6.47. The largest absolute Gasteiger partial charge is 0.355 e. The first kappa shape index (κ1) is 15.9. The zero-order chi connectivity index (χ0) is 14.1. The number of aromatic nitrogens is 1. The number of pyridine rings is 1. The van der Waals surface area contributed by atoms with Gasteiger partial charge in [-0.3, -0.25) is 9.59 Å². The molecule has 0 aliphatic rings. The predicted octanol–water partition coefficient (Wildman–Crippen LogP) is 1.12. The highest BCUT2D eigenvalue weighted by Gasteiger charge is 2.02. The molecule has 1 heterocycles. The van der Waals surface area contributed by atoms with Crippen LogP contribution in [0.4, 0.5) is 0 Å². The normalized spacial score (nSPS) is 10.4. The van der Waals surface area contributed by atoms with Gasteiger partial charge in [-0.05, 0) is 35.0 Å². The number of carbonyl (C=O) groups is 1. The van der Waals surface area contributed by atoms with Crippen molar-refractivity contribution in [2.24, 2.45) is 0 Å². The Kier molecular flexibility index (Phi) is 7.43. The minimum absolute atomic E-state index is 0.0369. The summed E-state index contributed by atoms with van der Waals surface area (Å²) in [6, 6.07) is 3.18. The molecule has 0 unspecified atom stereocenters. The lowest BCUT2D eigenvalue weighted by Gasteiger charge is -2.08. The number of carbonyl (C=O) groups excluding carboxylic acids is 1. The van der Waals surface area contributed by atoms with Gasteiger partial charge in [0.25, 0.3) is 5.56 Å². The molecule has 0 aliphatic heterocycles. The van der Waals surface area contributed by atoms with Gasteiger partial charge in [0.1, 0.15) is 0 Å². The van der Waals surface area contributed by atoms with Crippen LogP contribution in [-0.2, 0) is 11.3 Å². The summed E-state index contributed by atoms with van der Waals surface area (Å²) in [5.41, 5.74) is -0.0967. The van der Waals surface area contributed by atoms with Crippen molar-refractivity contribution in [1.29, 1.82) is 0 Å². The highest BCUT2D eigenvalue weighted by molar-refractivity contribution is 9.10. The summed E-state index contributed by atoms with van der Waals surface area (Å²) < 4.78 is 2.36. The van der Waals surface area contributed by atoms with Crippen molar-refractivity contribution in [2.75, 3.05) is 19.6 Å². The van der Waals surface area contributed by atoms with E-state index < -0.39 is 0 Å². The summed E-state index contributed by atoms with van der Waals surface area (Å²) in [6.45, 7) is 4.85. The predicted molar refractivity (Wildman–Crippen MR) is 79.2 cm³/mol. The molecular weight excluding hydrogens is 310 g/mol. The third kappa shape index (κ3) is 6.54. The average Bonchev–Trinajstić information content (AvgIpc) is 2.39. The fourth-order valence-electron chi connectivity index (χ4n) is 1.58. The molecule has 1 rings (SSSR count). The lowest BCUT2D eigenvalue weighted by atomic mass is 10.3. The Balaban J connectivity index is 2.26. The summed E-state index contributed by atoms with van der Waals surface area (Å²) in [7, 11) is 0.